The highest BCUT2D eigenvalue weighted by molar-refractivity contribution is 7.92. The summed E-state index contributed by atoms with van der Waals surface area (Å²) >= 11 is 1.17. The zero-order chi connectivity index (χ0) is 15.2. The number of hydrogen-bond donors (Lipinski definition) is 1. The van der Waals surface area contributed by atoms with Crippen molar-refractivity contribution in [3.63, 3.8) is 0 Å². The lowest BCUT2D eigenvalue weighted by atomic mass is 10.0. The van der Waals surface area contributed by atoms with Gasteiger partial charge in [0, 0.05) is 11.1 Å². The van der Waals surface area contributed by atoms with E-state index in [-0.39, 0.29) is 23.2 Å². The predicted octanol–water partition coefficient (Wildman–Crippen LogP) is 0.457. The lowest BCUT2D eigenvalue weighted by Gasteiger charge is -2.40. The fraction of sp³-hybridized carbons (Fsp3) is 0.636. The van der Waals surface area contributed by atoms with Gasteiger partial charge in [-0.05, 0) is 25.5 Å². The standard InChI is InChI=1S/C11H17NO5S3/c1-8-4-10(18-9(8)2)20(15,16)12-11(5-17-6-11)7-19(3,13)14/h4,12H,5-7H2,1-3H3. The number of hydrogen-bond acceptors (Lipinski definition) is 6. The highest BCUT2D eigenvalue weighted by Gasteiger charge is 2.45. The highest BCUT2D eigenvalue weighted by atomic mass is 32.2. The highest BCUT2D eigenvalue weighted by Crippen LogP contribution is 2.28. The Balaban J connectivity index is 2.27. The summed E-state index contributed by atoms with van der Waals surface area (Å²) in [6.45, 7) is 3.83. The molecule has 0 spiro atoms. The molecule has 0 radical (unpaired) electrons. The molecule has 0 unspecified atom stereocenters. The van der Waals surface area contributed by atoms with Crippen molar-refractivity contribution < 1.29 is 21.6 Å². The molecule has 114 valence electrons. The molecule has 2 heterocycles. The van der Waals surface area contributed by atoms with Gasteiger partial charge in [-0.25, -0.2) is 16.8 Å². The fourth-order valence-electron chi connectivity index (χ4n) is 2.03. The second-order valence-electron chi connectivity index (χ2n) is 5.25. The summed E-state index contributed by atoms with van der Waals surface area (Å²) in [7, 11) is -7.03. The van der Waals surface area contributed by atoms with Crippen LogP contribution in [0, 0.1) is 13.8 Å². The smallest absolute Gasteiger partial charge is 0.250 e. The van der Waals surface area contributed by atoms with E-state index in [1.165, 1.54) is 11.3 Å². The molecule has 0 atom stereocenters. The van der Waals surface area contributed by atoms with Crippen LogP contribution in [0.2, 0.25) is 0 Å². The SMILES string of the molecule is Cc1cc(S(=O)(=O)NC2(CS(C)(=O)=O)COC2)sc1C. The quantitative estimate of drug-likeness (QED) is 0.841. The minimum atomic E-state index is -3.73. The summed E-state index contributed by atoms with van der Waals surface area (Å²) in [6, 6.07) is 1.59. The zero-order valence-corrected chi connectivity index (χ0v) is 13.9. The lowest BCUT2D eigenvalue weighted by Crippen LogP contribution is -2.65. The minimum Gasteiger partial charge on any atom is -0.377 e. The first-order chi connectivity index (χ1) is 9.03. The van der Waals surface area contributed by atoms with Gasteiger partial charge in [-0.3, -0.25) is 0 Å². The van der Waals surface area contributed by atoms with E-state index in [0.717, 1.165) is 16.7 Å². The van der Waals surface area contributed by atoms with E-state index < -0.39 is 25.4 Å². The number of sulfonamides is 1. The van der Waals surface area contributed by atoms with Crippen LogP contribution < -0.4 is 4.72 Å². The van der Waals surface area contributed by atoms with E-state index in [2.05, 4.69) is 4.72 Å². The first kappa shape index (κ1) is 15.9. The molecular weight excluding hydrogens is 322 g/mol. The van der Waals surface area contributed by atoms with Crippen molar-refractivity contribution in [1.29, 1.82) is 0 Å². The fourth-order valence-corrected chi connectivity index (χ4v) is 6.25. The maximum Gasteiger partial charge on any atom is 0.250 e. The maximum atomic E-state index is 12.3. The Morgan fingerprint density at radius 3 is 2.25 bits per heavy atom. The van der Waals surface area contributed by atoms with E-state index >= 15 is 0 Å². The van der Waals surface area contributed by atoms with Crippen LogP contribution in [0.1, 0.15) is 10.4 Å². The summed E-state index contributed by atoms with van der Waals surface area (Å²) in [5.74, 6) is -0.261. The lowest BCUT2D eigenvalue weighted by molar-refractivity contribution is -0.0503. The minimum absolute atomic E-state index is 0.0721. The van der Waals surface area contributed by atoms with Crippen molar-refractivity contribution in [3.05, 3.63) is 16.5 Å². The van der Waals surface area contributed by atoms with Crippen LogP contribution in [0.3, 0.4) is 0 Å². The van der Waals surface area contributed by atoms with Crippen LogP contribution >= 0.6 is 11.3 Å². The third kappa shape index (κ3) is 3.40. The van der Waals surface area contributed by atoms with Gasteiger partial charge in [0.2, 0.25) is 0 Å². The van der Waals surface area contributed by atoms with Gasteiger partial charge in [0.1, 0.15) is 14.0 Å². The monoisotopic (exact) mass is 339 g/mol. The average Bonchev–Trinajstić information content (AvgIpc) is 2.54. The van der Waals surface area contributed by atoms with Crippen molar-refractivity contribution in [1.82, 2.24) is 4.72 Å². The molecule has 0 bridgehead atoms. The molecule has 1 aliphatic heterocycles. The van der Waals surface area contributed by atoms with E-state index in [1.807, 2.05) is 13.8 Å². The molecular formula is C11H17NO5S3. The Labute approximate surface area is 123 Å². The van der Waals surface area contributed by atoms with Gasteiger partial charge in [0.15, 0.2) is 0 Å². The van der Waals surface area contributed by atoms with E-state index in [4.69, 9.17) is 4.74 Å². The van der Waals surface area contributed by atoms with E-state index in [1.54, 1.807) is 6.07 Å². The van der Waals surface area contributed by atoms with Crippen LogP contribution in [-0.4, -0.2) is 47.6 Å². The first-order valence-corrected chi connectivity index (χ1v) is 10.3. The Bertz CT molecular complexity index is 694. The van der Waals surface area contributed by atoms with Gasteiger partial charge in [0.05, 0.1) is 24.5 Å². The third-order valence-corrected chi connectivity index (χ3v) is 7.34. The van der Waals surface area contributed by atoms with Crippen LogP contribution in [0.5, 0.6) is 0 Å². The topological polar surface area (TPSA) is 89.5 Å². The Morgan fingerprint density at radius 1 is 1.30 bits per heavy atom. The predicted molar refractivity (Wildman–Crippen MR) is 77.4 cm³/mol. The molecule has 20 heavy (non-hydrogen) atoms. The zero-order valence-electron chi connectivity index (χ0n) is 11.5. The largest absolute Gasteiger partial charge is 0.377 e. The van der Waals surface area contributed by atoms with Crippen LogP contribution in [0.25, 0.3) is 0 Å². The molecule has 0 aliphatic carbocycles. The summed E-state index contributed by atoms with van der Waals surface area (Å²) in [4.78, 5) is 0.924. The van der Waals surface area contributed by atoms with Crippen LogP contribution in [0.15, 0.2) is 10.3 Å². The van der Waals surface area contributed by atoms with Crippen molar-refractivity contribution in [2.45, 2.75) is 23.6 Å². The van der Waals surface area contributed by atoms with E-state index in [9.17, 15) is 16.8 Å². The van der Waals surface area contributed by atoms with Gasteiger partial charge >= 0.3 is 0 Å². The molecule has 2 rings (SSSR count). The molecule has 0 aromatic carbocycles. The molecule has 1 N–H and O–H groups in total. The van der Waals surface area contributed by atoms with Crippen molar-refractivity contribution in [2.75, 3.05) is 25.2 Å². The number of sulfone groups is 1. The second-order valence-corrected chi connectivity index (χ2v) is 10.6. The van der Waals surface area contributed by atoms with E-state index in [0.29, 0.717) is 0 Å². The summed E-state index contributed by atoms with van der Waals surface area (Å²) in [6.07, 6.45) is 1.08. The van der Waals surface area contributed by atoms with Crippen LogP contribution in [0.4, 0.5) is 0 Å². The van der Waals surface area contributed by atoms with Crippen molar-refractivity contribution >= 4 is 31.2 Å². The maximum absolute atomic E-state index is 12.3. The summed E-state index contributed by atoms with van der Waals surface area (Å²) in [5.41, 5.74) is -0.143. The molecule has 9 heteroatoms. The number of ether oxygens (including phenoxy) is 1. The molecule has 6 nitrogen and oxygen atoms in total. The van der Waals surface area contributed by atoms with Crippen molar-refractivity contribution in [3.8, 4) is 0 Å². The molecule has 1 aromatic heterocycles. The van der Waals surface area contributed by atoms with Crippen LogP contribution in [-0.2, 0) is 24.6 Å². The van der Waals surface area contributed by atoms with Gasteiger partial charge in [-0.15, -0.1) is 11.3 Å². The van der Waals surface area contributed by atoms with Crippen molar-refractivity contribution in [2.24, 2.45) is 0 Å². The Kier molecular flexibility index (Phi) is 4.02. The third-order valence-electron chi connectivity index (χ3n) is 3.05. The molecule has 1 aliphatic rings. The summed E-state index contributed by atoms with van der Waals surface area (Å²) in [5, 5.41) is 0. The number of nitrogens with one attached hydrogen (secondary N) is 1. The summed E-state index contributed by atoms with van der Waals surface area (Å²) < 4.78 is 55.3. The van der Waals surface area contributed by atoms with Gasteiger partial charge in [-0.2, -0.15) is 4.72 Å². The molecule has 0 saturated carbocycles. The Morgan fingerprint density at radius 2 is 1.90 bits per heavy atom. The second kappa shape index (κ2) is 5.06. The Hall–Kier alpha value is -0.480. The van der Waals surface area contributed by atoms with Gasteiger partial charge in [0.25, 0.3) is 10.0 Å². The molecule has 1 fully saturated rings. The number of thiophene rings is 1. The average molecular weight is 339 g/mol. The number of aryl methyl sites for hydroxylation is 2. The number of rotatable bonds is 5. The first-order valence-electron chi connectivity index (χ1n) is 5.90. The molecule has 1 saturated heterocycles. The molecule has 0 amide bonds. The normalized spacial score (nSPS) is 18.8. The molecule has 1 aromatic rings. The van der Waals surface area contributed by atoms with Gasteiger partial charge < -0.3 is 4.74 Å². The van der Waals surface area contributed by atoms with Gasteiger partial charge in [-0.1, -0.05) is 0 Å².